The summed E-state index contributed by atoms with van der Waals surface area (Å²) in [4.78, 5) is 84.1. The number of nitriles is 1. The number of imidazole rings is 1. The summed E-state index contributed by atoms with van der Waals surface area (Å²) in [7, 11) is 5.43. The Labute approximate surface area is 883 Å². The van der Waals surface area contributed by atoms with Crippen molar-refractivity contribution in [2.24, 2.45) is 14.1 Å². The van der Waals surface area contributed by atoms with Crippen LogP contribution in [-0.4, -0.2) is 85.1 Å². The summed E-state index contributed by atoms with van der Waals surface area (Å²) >= 11 is 0. The minimum absolute atomic E-state index is 0.0240. The van der Waals surface area contributed by atoms with Gasteiger partial charge in [-0.3, -0.25) is 43.3 Å². The van der Waals surface area contributed by atoms with E-state index in [-0.39, 0.29) is 66.8 Å². The molecule has 766 valence electrons. The minimum Gasteiger partial charge on any atom is -0.497 e. The van der Waals surface area contributed by atoms with E-state index in [0.29, 0.717) is 49.4 Å². The van der Waals surface area contributed by atoms with Crippen LogP contribution in [0, 0.1) is 11.3 Å². The molecule has 12 aromatic carbocycles. The summed E-state index contributed by atoms with van der Waals surface area (Å²) in [6.45, 7) is 45.3. The molecule has 0 aliphatic rings. The highest BCUT2D eigenvalue weighted by Gasteiger charge is 2.27. The van der Waals surface area contributed by atoms with E-state index in [1.807, 2.05) is 279 Å². The zero-order valence-electron chi connectivity index (χ0n) is 91.1. The van der Waals surface area contributed by atoms with Gasteiger partial charge in [-0.25, -0.2) is 15.0 Å². The van der Waals surface area contributed by atoms with Crippen molar-refractivity contribution < 1.29 is 37.5 Å². The Balaban J connectivity index is 0.000000146. The number of oxazole rings is 2. The topological polar surface area (TPSA) is 250 Å². The van der Waals surface area contributed by atoms with E-state index >= 15 is 0 Å². The second kappa shape index (κ2) is 48.1. The largest absolute Gasteiger partial charge is 0.497 e. The second-order valence-corrected chi connectivity index (χ2v) is 45.1. The fourth-order valence-electron chi connectivity index (χ4n) is 16.8. The third-order valence-corrected chi connectivity index (χ3v) is 25.8. The number of ketones is 5. The van der Waals surface area contributed by atoms with Gasteiger partial charge in [-0.2, -0.15) is 15.5 Å². The number of benzene rings is 12. The van der Waals surface area contributed by atoms with Crippen LogP contribution in [-0.2, 0) is 84.1 Å². The number of carbonyl (C=O) groups excluding carboxylic acids is 5. The number of pyridine rings is 2. The lowest BCUT2D eigenvalue weighted by Gasteiger charge is -2.19. The molecule has 0 saturated carbocycles. The van der Waals surface area contributed by atoms with Crippen LogP contribution in [0.2, 0.25) is 0 Å². The lowest BCUT2D eigenvalue weighted by atomic mass is 9.85. The van der Waals surface area contributed by atoms with E-state index in [0.717, 1.165) is 128 Å². The molecule has 0 aliphatic carbocycles. The molecule has 19 aromatic rings. The van der Waals surface area contributed by atoms with Crippen LogP contribution < -0.4 is 4.74 Å². The SMILES string of the molecule is CC(C)(C)c1cccc(C(=O)Cc2ccc(-n3ccnc3)cc2)c1.CC(C)(C)c1cccc(C(=O)Cc2ccc(C#N)cc2)c1.CC(C)(C)c1cccc(C(=O)Cc2ccc3ncccc3c2)c1.CC(C)(C)c1cccc2nc(-c3cccnc3)oc12.COc1ccc(-c2nc3cccc(C(C)(C)C)c3o2)cc1.Cn1cc(CC(=O)c2cccc(C(C)(C)C)c2)cn1.Cn1ncc2ccc(CC(=O)c3cccc(C(C)(C)C)c3)cc21. The molecule has 0 radical (unpaired) electrons. The Morgan fingerprint density at radius 2 is 0.753 bits per heavy atom. The van der Waals surface area contributed by atoms with Gasteiger partial charge in [0.15, 0.2) is 40.1 Å². The Bertz CT molecular complexity index is 7920. The summed E-state index contributed by atoms with van der Waals surface area (Å²) in [5.74, 6) is 2.78. The van der Waals surface area contributed by atoms with Gasteiger partial charge in [-0.05, 0) is 221 Å². The number of para-hydroxylation sites is 2. The third kappa shape index (κ3) is 30.5. The molecule has 0 unspecified atom stereocenters. The van der Waals surface area contributed by atoms with Gasteiger partial charge in [0, 0.05) is 144 Å². The zero-order chi connectivity index (χ0) is 108. The summed E-state index contributed by atoms with van der Waals surface area (Å²) in [6.07, 6.45) is 18.2. The average molecular weight is 2000 g/mol. The summed E-state index contributed by atoms with van der Waals surface area (Å²) in [6, 6.07) is 96.8. The van der Waals surface area contributed by atoms with E-state index in [1.54, 1.807) is 61.2 Å². The number of ether oxygens (including phenoxy) is 1. The van der Waals surface area contributed by atoms with Gasteiger partial charge in [0.25, 0.3) is 0 Å². The number of fused-ring (bicyclic) bond motifs is 4. The van der Waals surface area contributed by atoms with Crippen LogP contribution in [0.3, 0.4) is 0 Å². The quantitative estimate of drug-likeness (QED) is 0.0682. The smallest absolute Gasteiger partial charge is 0.228 e. The monoisotopic (exact) mass is 1990 g/mol. The first-order valence-electron chi connectivity index (χ1n) is 50.8. The molecule has 150 heavy (non-hydrogen) atoms. The Morgan fingerprint density at radius 3 is 1.15 bits per heavy atom. The maximum absolute atomic E-state index is 12.6. The molecule has 19 nitrogen and oxygen atoms in total. The van der Waals surface area contributed by atoms with Crippen LogP contribution in [0.25, 0.3) is 72.6 Å². The highest BCUT2D eigenvalue weighted by atomic mass is 16.5. The van der Waals surface area contributed by atoms with Crippen molar-refractivity contribution in [2.75, 3.05) is 7.11 Å². The Morgan fingerprint density at radius 1 is 0.347 bits per heavy atom. The highest BCUT2D eigenvalue weighted by molar-refractivity contribution is 6.01. The molecule has 0 spiro atoms. The molecule has 19 rings (SSSR count). The van der Waals surface area contributed by atoms with Gasteiger partial charge in [-0.15, -0.1) is 0 Å². The van der Waals surface area contributed by atoms with Crippen LogP contribution in [0.1, 0.15) is 270 Å². The lowest BCUT2D eigenvalue weighted by Crippen LogP contribution is -2.12. The highest BCUT2D eigenvalue weighted by Crippen LogP contribution is 2.38. The first-order chi connectivity index (χ1) is 71.0. The molecule has 0 aliphatic heterocycles. The van der Waals surface area contributed by atoms with E-state index in [9.17, 15) is 24.0 Å². The fourth-order valence-corrected chi connectivity index (χ4v) is 16.8. The lowest BCUT2D eigenvalue weighted by molar-refractivity contribution is 0.0984. The Hall–Kier alpha value is -16.3. The molecule has 19 heteroatoms. The van der Waals surface area contributed by atoms with E-state index in [1.165, 1.54) is 33.4 Å². The van der Waals surface area contributed by atoms with Crippen molar-refractivity contribution in [2.45, 2.75) is 215 Å². The summed E-state index contributed by atoms with van der Waals surface area (Å²) in [5.41, 5.74) is 26.4. The molecule has 0 bridgehead atoms. The number of Topliss-reactive ketones (excluding diaryl/α,β-unsaturated/α-hetero) is 5. The summed E-state index contributed by atoms with van der Waals surface area (Å²) in [5, 5.41) is 19.3. The molecule has 0 saturated heterocycles. The first kappa shape index (κ1) is 111. The normalized spacial score (nSPS) is 11.6. The van der Waals surface area contributed by atoms with Crippen molar-refractivity contribution in [3.05, 3.63) is 447 Å². The molecular formula is C131H139N11O8. The van der Waals surface area contributed by atoms with Crippen molar-refractivity contribution in [1.29, 1.82) is 5.26 Å². The molecule has 0 N–H and O–H groups in total. The zero-order valence-corrected chi connectivity index (χ0v) is 91.1. The second-order valence-electron chi connectivity index (χ2n) is 45.1. The van der Waals surface area contributed by atoms with Crippen molar-refractivity contribution in [3.8, 4) is 40.4 Å². The van der Waals surface area contributed by atoms with Crippen LogP contribution in [0.4, 0.5) is 0 Å². The number of hydrogen-bond acceptors (Lipinski definition) is 16. The molecule has 7 aromatic heterocycles. The van der Waals surface area contributed by atoms with Gasteiger partial charge in [-0.1, -0.05) is 309 Å². The maximum Gasteiger partial charge on any atom is 0.228 e. The number of nitrogens with zero attached hydrogens (tertiary/aromatic N) is 11. The number of rotatable bonds is 19. The minimum atomic E-state index is 0.0240. The number of aromatic nitrogens is 10. The van der Waals surface area contributed by atoms with Gasteiger partial charge < -0.3 is 18.1 Å². The maximum atomic E-state index is 12.6. The number of aryl methyl sites for hydroxylation is 2. The molecule has 0 atom stereocenters. The van der Waals surface area contributed by atoms with Gasteiger partial charge in [0.2, 0.25) is 11.8 Å². The van der Waals surface area contributed by atoms with Crippen LogP contribution in [0.15, 0.2) is 356 Å². The van der Waals surface area contributed by atoms with E-state index in [2.05, 4.69) is 229 Å². The van der Waals surface area contributed by atoms with Gasteiger partial charge in [0.05, 0.1) is 54.1 Å². The number of carbonyl (C=O) groups is 5. The van der Waals surface area contributed by atoms with E-state index in [4.69, 9.17) is 18.8 Å². The predicted octanol–water partition coefficient (Wildman–Crippen LogP) is 30.3. The molecular weight excluding hydrogens is 1860 g/mol. The average Bonchev–Trinajstić information content (AvgIpc) is 1.64. The van der Waals surface area contributed by atoms with Crippen molar-refractivity contribution >= 4 is 72.9 Å². The summed E-state index contributed by atoms with van der Waals surface area (Å²) < 4.78 is 22.7. The van der Waals surface area contributed by atoms with Crippen molar-refractivity contribution in [3.63, 3.8) is 0 Å². The van der Waals surface area contributed by atoms with Crippen LogP contribution >= 0.6 is 0 Å². The van der Waals surface area contributed by atoms with Crippen LogP contribution in [0.5, 0.6) is 5.75 Å². The standard InChI is InChI=1S/C21H22N2O.C21H21NO.C20H22N2O.C19H19NO.C18H19NO2.C16H16N2O.C16H20N2O/c1-21(2,3)18-6-4-5-17(14-18)20(24)13-16-7-9-19(10-8-16)23-12-11-22-15-23;1-21(2,3)18-8-4-6-17(14-18)20(23)13-15-9-10-19-16(12-15)7-5-11-22-19;1-20(2,3)17-7-5-6-15(12-17)19(23)11-14-8-9-16-13-21-22(4)18(16)10-14;1-19(2,3)17-6-4-5-16(12-17)18(21)11-14-7-9-15(13-20)10-8-14;1-18(2,3)14-6-5-7-15-16(14)21-17(19-15)12-8-10-13(20-4)11-9-12;1-16(2,3)12-7-4-8-13-14(12)19-15(18-13)11-6-5-9-17-10-11;1-16(2,3)14-7-5-6-13(9-14)15(19)8-12-10-17-18(4)11-12/h4-12,14-15H,13H2,1-3H3;4-12,14H,13H2,1-3H3;5-10,12-13H,11H2,1-4H3;4-10,12H,11H2,1-3H3;5-11H,1-4H3;4-10H,1-3H3;5-7,9-11H,8H2,1-4H3. The Kier molecular flexibility index (Phi) is 35.6. The van der Waals surface area contributed by atoms with Gasteiger partial charge in [0.1, 0.15) is 16.8 Å². The fraction of sp³-hybridized carbons (Fsp3) is 0.275. The van der Waals surface area contributed by atoms with E-state index < -0.39 is 0 Å². The van der Waals surface area contributed by atoms with Gasteiger partial charge >= 0.3 is 0 Å². The number of methoxy groups -OCH3 is 1. The number of hydrogen-bond donors (Lipinski definition) is 0. The van der Waals surface area contributed by atoms with Crippen molar-refractivity contribution in [1.82, 2.24) is 49.0 Å². The predicted molar refractivity (Wildman–Crippen MR) is 607 cm³/mol. The molecule has 7 heterocycles. The molecule has 0 fully saturated rings. The third-order valence-electron chi connectivity index (χ3n) is 25.8. The molecule has 0 amide bonds. The first-order valence-corrected chi connectivity index (χ1v) is 50.8.